The molecule has 0 aliphatic heterocycles. The summed E-state index contributed by atoms with van der Waals surface area (Å²) in [7, 11) is 0. The molecule has 0 N–H and O–H groups in total. The molecule has 3 nitrogen and oxygen atoms in total. The van der Waals surface area contributed by atoms with Gasteiger partial charge in [0.1, 0.15) is 0 Å². The minimum absolute atomic E-state index is 0.347. The summed E-state index contributed by atoms with van der Waals surface area (Å²) in [5.41, 5.74) is 1.58. The zero-order valence-corrected chi connectivity index (χ0v) is 10.6. The molecule has 0 spiro atoms. The second-order valence-corrected chi connectivity index (χ2v) is 4.46. The van der Waals surface area contributed by atoms with Gasteiger partial charge < -0.3 is 0 Å². The predicted molar refractivity (Wildman–Crippen MR) is 63.6 cm³/mol. The highest BCUT2D eigenvalue weighted by atomic mass is 79.9. The van der Waals surface area contributed by atoms with Crippen molar-refractivity contribution >= 4 is 39.1 Å². The van der Waals surface area contributed by atoms with E-state index in [1.807, 2.05) is 12.1 Å². The molecule has 1 heterocycles. The summed E-state index contributed by atoms with van der Waals surface area (Å²) < 4.78 is 2.55. The van der Waals surface area contributed by atoms with Crippen LogP contribution in [0.5, 0.6) is 0 Å². The Balaban J connectivity index is 2.54. The average molecular weight is 307 g/mol. The number of hydrogen-bond acceptors (Lipinski definition) is 2. The minimum Gasteiger partial charge on any atom is -0.215 e. The van der Waals surface area contributed by atoms with Gasteiger partial charge >= 0.3 is 0 Å². The summed E-state index contributed by atoms with van der Waals surface area (Å²) in [6, 6.07) is 5.55. The van der Waals surface area contributed by atoms with Crippen molar-refractivity contribution in [1.29, 1.82) is 0 Å². The Morgan fingerprint density at radius 1 is 1.40 bits per heavy atom. The molecule has 2 rings (SSSR count). The average Bonchev–Trinajstić information content (AvgIpc) is 2.65. The van der Waals surface area contributed by atoms with Crippen LogP contribution in [0.2, 0.25) is 5.02 Å². The van der Waals surface area contributed by atoms with Crippen molar-refractivity contribution in [3.63, 3.8) is 0 Å². The van der Waals surface area contributed by atoms with Gasteiger partial charge in [-0.2, -0.15) is 0 Å². The molecule has 0 fully saturated rings. The lowest BCUT2D eigenvalue weighted by Crippen LogP contribution is -2.01. The van der Waals surface area contributed by atoms with E-state index in [9.17, 15) is 0 Å². The van der Waals surface area contributed by atoms with E-state index in [0.29, 0.717) is 10.9 Å². The quantitative estimate of drug-likeness (QED) is 0.796. The predicted octanol–water partition coefficient (Wildman–Crippen LogP) is 3.42. The number of nitrogens with zero attached hydrogens (tertiary/aromatic N) is 3. The highest BCUT2D eigenvalue weighted by molar-refractivity contribution is 9.10. The number of aromatic nitrogens is 3. The summed E-state index contributed by atoms with van der Waals surface area (Å²) in [5, 5.41) is 8.32. The van der Waals surface area contributed by atoms with Crippen LogP contribution in [0.1, 0.15) is 5.69 Å². The number of benzene rings is 1. The van der Waals surface area contributed by atoms with Gasteiger partial charge in [0.2, 0.25) is 0 Å². The van der Waals surface area contributed by atoms with E-state index in [-0.39, 0.29) is 0 Å². The van der Waals surface area contributed by atoms with Gasteiger partial charge in [-0.15, -0.1) is 16.7 Å². The molecule has 0 amide bonds. The van der Waals surface area contributed by atoms with Gasteiger partial charge in [-0.25, -0.2) is 4.68 Å². The Morgan fingerprint density at radius 3 is 2.87 bits per heavy atom. The molecule has 1 aromatic heterocycles. The van der Waals surface area contributed by atoms with Gasteiger partial charge in [0.05, 0.1) is 28.5 Å². The monoisotopic (exact) mass is 305 g/mol. The third kappa shape index (κ3) is 2.17. The Kier molecular flexibility index (Phi) is 3.29. The summed E-state index contributed by atoms with van der Waals surface area (Å²) >= 11 is 15.2. The Bertz CT molecular complexity index is 484. The SMILES string of the molecule is ClCc1cnnn1-c1ccc(Br)cc1Cl. The minimum atomic E-state index is 0.347. The van der Waals surface area contributed by atoms with Crippen molar-refractivity contribution in [3.05, 3.63) is 39.6 Å². The fourth-order valence-corrected chi connectivity index (χ4v) is 2.14. The van der Waals surface area contributed by atoms with Crippen LogP contribution >= 0.6 is 39.1 Å². The second-order valence-electron chi connectivity index (χ2n) is 2.87. The molecule has 0 radical (unpaired) electrons. The maximum absolute atomic E-state index is 6.09. The van der Waals surface area contributed by atoms with Crippen LogP contribution in [0.4, 0.5) is 0 Å². The highest BCUT2D eigenvalue weighted by Crippen LogP contribution is 2.25. The maximum atomic E-state index is 6.09. The fourth-order valence-electron chi connectivity index (χ4n) is 1.20. The molecular weight excluding hydrogens is 301 g/mol. The highest BCUT2D eigenvalue weighted by Gasteiger charge is 2.08. The third-order valence-electron chi connectivity index (χ3n) is 1.89. The molecule has 2 aromatic rings. The summed E-state index contributed by atoms with van der Waals surface area (Å²) in [5.74, 6) is 0.347. The van der Waals surface area contributed by atoms with Crippen molar-refractivity contribution in [2.45, 2.75) is 5.88 Å². The van der Waals surface area contributed by atoms with E-state index < -0.39 is 0 Å². The maximum Gasteiger partial charge on any atom is 0.0854 e. The molecular formula is C9H6BrCl2N3. The van der Waals surface area contributed by atoms with Gasteiger partial charge in [0.25, 0.3) is 0 Å². The van der Waals surface area contributed by atoms with Crippen LogP contribution in [0.3, 0.4) is 0 Å². The zero-order valence-electron chi connectivity index (χ0n) is 7.49. The number of rotatable bonds is 2. The van der Waals surface area contributed by atoms with E-state index in [4.69, 9.17) is 23.2 Å². The zero-order chi connectivity index (χ0) is 10.8. The molecule has 0 saturated carbocycles. The summed E-state index contributed by atoms with van der Waals surface area (Å²) in [4.78, 5) is 0. The van der Waals surface area contributed by atoms with Crippen molar-refractivity contribution in [3.8, 4) is 5.69 Å². The Morgan fingerprint density at radius 2 is 2.20 bits per heavy atom. The first-order valence-corrected chi connectivity index (χ1v) is 5.84. The van der Waals surface area contributed by atoms with Crippen LogP contribution in [-0.4, -0.2) is 15.0 Å². The summed E-state index contributed by atoms with van der Waals surface area (Å²) in [6.45, 7) is 0. The lowest BCUT2D eigenvalue weighted by molar-refractivity contribution is 0.781. The smallest absolute Gasteiger partial charge is 0.0854 e. The van der Waals surface area contributed by atoms with E-state index >= 15 is 0 Å². The van der Waals surface area contributed by atoms with Gasteiger partial charge in [0, 0.05) is 4.47 Å². The number of hydrogen-bond donors (Lipinski definition) is 0. The van der Waals surface area contributed by atoms with Gasteiger partial charge in [-0.3, -0.25) is 0 Å². The molecule has 6 heteroatoms. The lowest BCUT2D eigenvalue weighted by Gasteiger charge is -2.06. The molecule has 0 unspecified atom stereocenters. The van der Waals surface area contributed by atoms with Crippen molar-refractivity contribution in [2.75, 3.05) is 0 Å². The van der Waals surface area contributed by atoms with Crippen molar-refractivity contribution in [2.24, 2.45) is 0 Å². The molecule has 1 aromatic carbocycles. The molecule has 0 aliphatic rings. The van der Waals surface area contributed by atoms with Crippen molar-refractivity contribution in [1.82, 2.24) is 15.0 Å². The van der Waals surface area contributed by atoms with Gasteiger partial charge in [0.15, 0.2) is 0 Å². The number of halogens is 3. The van der Waals surface area contributed by atoms with Crippen LogP contribution in [0.15, 0.2) is 28.9 Å². The van der Waals surface area contributed by atoms with Gasteiger partial charge in [-0.05, 0) is 18.2 Å². The molecule has 0 atom stereocenters. The lowest BCUT2D eigenvalue weighted by atomic mass is 10.3. The van der Waals surface area contributed by atoms with Crippen LogP contribution in [-0.2, 0) is 5.88 Å². The van der Waals surface area contributed by atoms with Crippen molar-refractivity contribution < 1.29 is 0 Å². The number of alkyl halides is 1. The van der Waals surface area contributed by atoms with E-state index in [1.54, 1.807) is 16.9 Å². The molecule has 15 heavy (non-hydrogen) atoms. The largest absolute Gasteiger partial charge is 0.215 e. The summed E-state index contributed by atoms with van der Waals surface area (Å²) in [6.07, 6.45) is 1.62. The van der Waals surface area contributed by atoms with Crippen LogP contribution in [0.25, 0.3) is 5.69 Å². The first kappa shape index (κ1) is 10.9. The molecule has 0 bridgehead atoms. The standard InChI is InChI=1S/C9H6BrCl2N3/c10-6-1-2-9(8(12)3-6)15-7(4-11)5-13-14-15/h1-3,5H,4H2. The topological polar surface area (TPSA) is 30.7 Å². The second kappa shape index (κ2) is 4.51. The Labute approximate surface area is 105 Å². The van der Waals surface area contributed by atoms with Crippen LogP contribution < -0.4 is 0 Å². The van der Waals surface area contributed by atoms with E-state index in [1.165, 1.54) is 0 Å². The first-order chi connectivity index (χ1) is 7.22. The van der Waals surface area contributed by atoms with Gasteiger partial charge in [-0.1, -0.05) is 32.7 Å². The normalized spacial score (nSPS) is 10.6. The molecule has 0 aliphatic carbocycles. The Hall–Kier alpha value is -0.580. The van der Waals surface area contributed by atoms with E-state index in [0.717, 1.165) is 15.9 Å². The van der Waals surface area contributed by atoms with E-state index in [2.05, 4.69) is 26.2 Å². The third-order valence-corrected chi connectivity index (χ3v) is 2.96. The molecule has 78 valence electrons. The fraction of sp³-hybridized carbons (Fsp3) is 0.111. The van der Waals surface area contributed by atoms with Crippen LogP contribution in [0, 0.1) is 0 Å². The molecule has 0 saturated heterocycles. The first-order valence-electron chi connectivity index (χ1n) is 4.13.